The molecule has 2 aliphatic carbocycles. The summed E-state index contributed by atoms with van der Waals surface area (Å²) in [4.78, 5) is 27.8. The molecule has 46 heavy (non-hydrogen) atoms. The highest BCUT2D eigenvalue weighted by molar-refractivity contribution is 5.95. The number of fused-ring (bicyclic) bond motifs is 1. The second-order valence-corrected chi connectivity index (χ2v) is 13.0. The highest BCUT2D eigenvalue weighted by atomic mass is 19.1. The number of amides is 2. The highest BCUT2D eigenvalue weighted by Gasteiger charge is 2.30. The molecule has 2 saturated carbocycles. The average Bonchev–Trinajstić information content (AvgIpc) is 3.74. The lowest BCUT2D eigenvalue weighted by molar-refractivity contribution is -0.123. The lowest BCUT2D eigenvalue weighted by atomic mass is 9.78. The van der Waals surface area contributed by atoms with Crippen molar-refractivity contribution in [3.05, 3.63) is 66.4 Å². The van der Waals surface area contributed by atoms with Crippen LogP contribution in [0.1, 0.15) is 82.2 Å². The number of halogens is 1. The topological polar surface area (TPSA) is 94.3 Å². The summed E-state index contributed by atoms with van der Waals surface area (Å²) in [6, 6.07) is 14.8. The van der Waals surface area contributed by atoms with Crippen molar-refractivity contribution in [2.75, 3.05) is 25.1 Å². The third-order valence-corrected chi connectivity index (χ3v) is 9.84. The number of alkyl carbamates (subject to hydrolysis) is 1. The van der Waals surface area contributed by atoms with Gasteiger partial charge in [-0.3, -0.25) is 14.2 Å². The Hall–Kier alpha value is -4.21. The molecule has 0 radical (unpaired) electrons. The van der Waals surface area contributed by atoms with Crippen LogP contribution in [-0.4, -0.2) is 51.8 Å². The van der Waals surface area contributed by atoms with E-state index in [4.69, 9.17) is 4.74 Å². The summed E-state index contributed by atoms with van der Waals surface area (Å²) in [5.41, 5.74) is 4.98. The van der Waals surface area contributed by atoms with Gasteiger partial charge in [-0.2, -0.15) is 9.49 Å². The van der Waals surface area contributed by atoms with Gasteiger partial charge in [-0.1, -0.05) is 25.1 Å². The minimum absolute atomic E-state index is 0.118. The highest BCUT2D eigenvalue weighted by Crippen LogP contribution is 2.39. The van der Waals surface area contributed by atoms with Crippen molar-refractivity contribution in [1.82, 2.24) is 24.9 Å². The molecule has 0 saturated heterocycles. The zero-order valence-electron chi connectivity index (χ0n) is 27.1. The van der Waals surface area contributed by atoms with Crippen LogP contribution in [0.2, 0.25) is 0 Å². The van der Waals surface area contributed by atoms with E-state index in [0.29, 0.717) is 49.1 Å². The molecule has 2 heterocycles. The summed E-state index contributed by atoms with van der Waals surface area (Å²) < 4.78 is 23.2. The summed E-state index contributed by atoms with van der Waals surface area (Å²) in [6.07, 6.45) is 11.9. The molecule has 2 aliphatic rings. The van der Waals surface area contributed by atoms with Gasteiger partial charge in [-0.05, 0) is 105 Å². The van der Waals surface area contributed by atoms with E-state index in [1.807, 2.05) is 35.4 Å². The van der Waals surface area contributed by atoms with Crippen molar-refractivity contribution >= 4 is 28.6 Å². The maximum Gasteiger partial charge on any atom is 0.406 e. The number of hydrogen-bond donors (Lipinski definition) is 1. The van der Waals surface area contributed by atoms with Crippen LogP contribution in [0.15, 0.2) is 54.9 Å². The van der Waals surface area contributed by atoms with E-state index in [-0.39, 0.29) is 18.4 Å². The Kier molecular flexibility index (Phi) is 9.70. The fraction of sp³-hybridized carbons (Fsp3) is 0.500. The van der Waals surface area contributed by atoms with Crippen LogP contribution in [0.5, 0.6) is 0 Å². The van der Waals surface area contributed by atoms with E-state index in [1.165, 1.54) is 19.9 Å². The van der Waals surface area contributed by atoms with Gasteiger partial charge >= 0.3 is 6.09 Å². The number of anilines is 1. The minimum atomic E-state index is -0.455. The summed E-state index contributed by atoms with van der Waals surface area (Å²) >= 11 is 0. The molecular weight excluding hydrogens is 583 g/mol. The van der Waals surface area contributed by atoms with Crippen LogP contribution >= 0.6 is 0 Å². The lowest BCUT2D eigenvalue weighted by Crippen LogP contribution is -2.40. The minimum Gasteiger partial charge on any atom is -0.450 e. The number of carbonyl (C=O) groups is 2. The third-order valence-electron chi connectivity index (χ3n) is 9.84. The number of ether oxygens (including phenoxy) is 1. The Bertz CT molecular complexity index is 1670. The number of benzene rings is 2. The Morgan fingerprint density at radius 1 is 1.09 bits per heavy atom. The van der Waals surface area contributed by atoms with Crippen LogP contribution in [0.25, 0.3) is 22.0 Å². The van der Waals surface area contributed by atoms with Crippen LogP contribution in [0, 0.1) is 17.8 Å². The molecule has 1 atom stereocenters. The quantitative estimate of drug-likeness (QED) is 0.165. The van der Waals surface area contributed by atoms with E-state index >= 15 is 0 Å². The third kappa shape index (κ3) is 7.11. The van der Waals surface area contributed by atoms with E-state index < -0.39 is 12.0 Å². The van der Waals surface area contributed by atoms with Crippen molar-refractivity contribution in [2.24, 2.45) is 18.9 Å². The predicted octanol–water partition coefficient (Wildman–Crippen LogP) is 7.38. The SMILES string of the molecule is CCC(CCCOC(=O)NC)C(=O)N(CC1CCC(c2ccc3c(c2)c(F)nn3C)CC1)c1cccc(-c2cnn(C3CC3)c2)c1. The molecule has 2 aromatic carbocycles. The second kappa shape index (κ2) is 14.1. The second-order valence-electron chi connectivity index (χ2n) is 13.0. The Labute approximate surface area is 270 Å². The first-order chi connectivity index (χ1) is 22.3. The first kappa shape index (κ1) is 31.8. The molecule has 0 aliphatic heterocycles. The lowest BCUT2D eigenvalue weighted by Gasteiger charge is -2.35. The number of carbonyl (C=O) groups excluding carboxylic acids is 2. The van der Waals surface area contributed by atoms with E-state index in [0.717, 1.165) is 53.6 Å². The van der Waals surface area contributed by atoms with Gasteiger partial charge in [0.05, 0.1) is 29.7 Å². The van der Waals surface area contributed by atoms with E-state index in [2.05, 4.69) is 51.5 Å². The maximum atomic E-state index is 14.4. The predicted molar refractivity (Wildman–Crippen MR) is 177 cm³/mol. The van der Waals surface area contributed by atoms with Gasteiger partial charge in [0.1, 0.15) is 0 Å². The number of aryl methyl sites for hydroxylation is 1. The van der Waals surface area contributed by atoms with Crippen molar-refractivity contribution in [3.63, 3.8) is 0 Å². The molecule has 9 nitrogen and oxygen atoms in total. The Morgan fingerprint density at radius 2 is 1.89 bits per heavy atom. The smallest absolute Gasteiger partial charge is 0.406 e. The normalized spacial score (nSPS) is 18.8. The van der Waals surface area contributed by atoms with Gasteiger partial charge in [-0.15, -0.1) is 5.10 Å². The molecule has 6 rings (SSSR count). The molecule has 2 amide bonds. The fourth-order valence-electron chi connectivity index (χ4n) is 6.92. The number of aromatic nitrogens is 4. The fourth-order valence-corrected chi connectivity index (χ4v) is 6.92. The first-order valence-electron chi connectivity index (χ1n) is 16.8. The van der Waals surface area contributed by atoms with E-state index in [1.54, 1.807) is 11.7 Å². The number of nitrogens with zero attached hydrogens (tertiary/aromatic N) is 5. The number of rotatable bonds is 12. The monoisotopic (exact) mass is 628 g/mol. The van der Waals surface area contributed by atoms with E-state index in [9.17, 15) is 14.0 Å². The molecule has 2 fully saturated rings. The van der Waals surface area contributed by atoms with Gasteiger partial charge < -0.3 is 15.0 Å². The first-order valence-corrected chi connectivity index (χ1v) is 16.8. The van der Waals surface area contributed by atoms with Gasteiger partial charge in [0.25, 0.3) is 0 Å². The molecule has 1 N–H and O–H groups in total. The Balaban J connectivity index is 1.18. The van der Waals surface area contributed by atoms with Crippen molar-refractivity contribution in [3.8, 4) is 11.1 Å². The summed E-state index contributed by atoms with van der Waals surface area (Å²) in [7, 11) is 3.30. The van der Waals surface area contributed by atoms with Gasteiger partial charge in [0.2, 0.25) is 11.9 Å². The van der Waals surface area contributed by atoms with Crippen molar-refractivity contribution in [2.45, 2.75) is 76.7 Å². The maximum absolute atomic E-state index is 14.4. The summed E-state index contributed by atoms with van der Waals surface area (Å²) in [5.74, 6) is 0.240. The number of nitrogens with one attached hydrogen (secondary N) is 1. The molecule has 0 bridgehead atoms. The van der Waals surface area contributed by atoms with Crippen LogP contribution < -0.4 is 10.2 Å². The molecular formula is C36H45FN6O3. The zero-order chi connectivity index (χ0) is 32.2. The van der Waals surface area contributed by atoms with Gasteiger partial charge in [0.15, 0.2) is 0 Å². The molecule has 4 aromatic rings. The van der Waals surface area contributed by atoms with Crippen molar-refractivity contribution in [1.29, 1.82) is 0 Å². The standard InChI is InChI=1S/C36H45FN6O3/c1-4-25(8-6-18-46-36(45)38-2)35(44)42(31-9-5-7-27(19-31)29-21-39-43(23-29)30-15-16-30)22-24-10-12-26(13-11-24)28-14-17-33-32(20-28)34(37)40-41(33)3/h5,7,9,14,17,19-21,23-26,30H,4,6,8,10-13,15-16,18,22H2,1-3H3,(H,38,45). The molecule has 1 unspecified atom stereocenters. The zero-order valence-corrected chi connectivity index (χ0v) is 27.1. The largest absolute Gasteiger partial charge is 0.450 e. The molecule has 0 spiro atoms. The number of hydrogen-bond acceptors (Lipinski definition) is 5. The summed E-state index contributed by atoms with van der Waals surface area (Å²) in [5, 5.41) is 11.6. The average molecular weight is 629 g/mol. The van der Waals surface area contributed by atoms with Gasteiger partial charge in [0, 0.05) is 44.0 Å². The Morgan fingerprint density at radius 3 is 2.63 bits per heavy atom. The molecule has 10 heteroatoms. The molecule has 244 valence electrons. The van der Waals surface area contributed by atoms with Crippen molar-refractivity contribution < 1.29 is 18.7 Å². The summed E-state index contributed by atoms with van der Waals surface area (Å²) in [6.45, 7) is 2.98. The van der Waals surface area contributed by atoms with Crippen LogP contribution in [0.3, 0.4) is 0 Å². The molecule has 2 aromatic heterocycles. The van der Waals surface area contributed by atoms with Crippen LogP contribution in [0.4, 0.5) is 14.9 Å². The van der Waals surface area contributed by atoms with Crippen LogP contribution in [-0.2, 0) is 16.6 Å². The van der Waals surface area contributed by atoms with Gasteiger partial charge in [-0.25, -0.2) is 4.79 Å².